The third-order valence-electron chi connectivity index (χ3n) is 3.86. The van der Waals surface area contributed by atoms with Gasteiger partial charge in [-0.05, 0) is 41.8 Å². The van der Waals surface area contributed by atoms with Gasteiger partial charge in [0.1, 0.15) is 11.5 Å². The van der Waals surface area contributed by atoms with Crippen LogP contribution in [-0.2, 0) is 16.0 Å². The Balaban J connectivity index is 2.36. The minimum atomic E-state index is -1.00. The fourth-order valence-electron chi connectivity index (χ4n) is 2.54. The van der Waals surface area contributed by atoms with Gasteiger partial charge in [-0.3, -0.25) is 9.59 Å². The molecule has 0 saturated carbocycles. The van der Waals surface area contributed by atoms with E-state index in [-0.39, 0.29) is 24.4 Å². The van der Waals surface area contributed by atoms with Gasteiger partial charge in [-0.15, -0.1) is 0 Å². The van der Waals surface area contributed by atoms with Crippen LogP contribution in [0.3, 0.4) is 0 Å². The topological polar surface area (TPSA) is 80.7 Å². The van der Waals surface area contributed by atoms with E-state index in [1.807, 2.05) is 18.2 Å². The smallest absolute Gasteiger partial charge is 0.303 e. The van der Waals surface area contributed by atoms with Crippen LogP contribution in [0.1, 0.15) is 42.1 Å². The summed E-state index contributed by atoms with van der Waals surface area (Å²) in [6.45, 7) is 1.56. The number of fused-ring (bicyclic) bond motifs is 1. The molecule has 1 N–H and O–H groups in total. The summed E-state index contributed by atoms with van der Waals surface area (Å²) in [5.74, 6) is -0.691. The summed E-state index contributed by atoms with van der Waals surface area (Å²) in [7, 11) is 1.48. The number of carboxylic acid groups (broad SMARTS) is 1. The predicted molar refractivity (Wildman–Crippen MR) is 90.7 cm³/mol. The van der Waals surface area contributed by atoms with Crippen molar-refractivity contribution < 1.29 is 24.2 Å². The second kappa shape index (κ2) is 7.73. The minimum Gasteiger partial charge on any atom is -0.496 e. The number of carbonyl (C=O) groups is 3. The molecule has 0 saturated heterocycles. The minimum absolute atomic E-state index is 0.0682. The Kier molecular flexibility index (Phi) is 5.68. The molecule has 126 valence electrons. The van der Waals surface area contributed by atoms with E-state index in [4.69, 9.17) is 9.84 Å². The first-order valence-corrected chi connectivity index (χ1v) is 7.76. The number of carbonyl (C=O) groups excluding carboxylic acids is 2. The third kappa shape index (κ3) is 4.41. The standard InChI is InChI=1S/C19H20O5/c1-12(20)3-4-13-5-6-14-11-18(24-2)16(10-15(14)9-13)17(21)7-8-19(22)23/h5-6,9-11H,3-4,7-8H2,1-2H3,(H,22,23). The van der Waals surface area contributed by atoms with Gasteiger partial charge in [0.05, 0.1) is 19.1 Å². The quantitative estimate of drug-likeness (QED) is 0.751. The van der Waals surface area contributed by atoms with Crippen molar-refractivity contribution in [2.24, 2.45) is 0 Å². The highest BCUT2D eigenvalue weighted by atomic mass is 16.5. The number of methoxy groups -OCH3 is 1. The normalized spacial score (nSPS) is 10.6. The summed E-state index contributed by atoms with van der Waals surface area (Å²) in [5, 5.41) is 10.5. The molecule has 24 heavy (non-hydrogen) atoms. The lowest BCUT2D eigenvalue weighted by molar-refractivity contribution is -0.137. The van der Waals surface area contributed by atoms with Crippen LogP contribution in [0.2, 0.25) is 0 Å². The molecule has 0 aliphatic rings. The van der Waals surface area contributed by atoms with Gasteiger partial charge in [0.2, 0.25) is 0 Å². The van der Waals surface area contributed by atoms with Crippen molar-refractivity contribution in [3.8, 4) is 5.75 Å². The van der Waals surface area contributed by atoms with E-state index in [0.29, 0.717) is 24.2 Å². The molecular weight excluding hydrogens is 308 g/mol. The van der Waals surface area contributed by atoms with Crippen molar-refractivity contribution in [2.75, 3.05) is 7.11 Å². The molecule has 0 aliphatic carbocycles. The van der Waals surface area contributed by atoms with E-state index < -0.39 is 5.97 Å². The number of benzene rings is 2. The zero-order valence-electron chi connectivity index (χ0n) is 13.8. The van der Waals surface area contributed by atoms with Crippen molar-refractivity contribution in [3.05, 3.63) is 41.5 Å². The molecule has 5 heteroatoms. The summed E-state index contributed by atoms with van der Waals surface area (Å²) in [4.78, 5) is 34.1. The van der Waals surface area contributed by atoms with Crippen LogP contribution in [0.5, 0.6) is 5.75 Å². The zero-order chi connectivity index (χ0) is 17.7. The first-order valence-electron chi connectivity index (χ1n) is 7.76. The van der Waals surface area contributed by atoms with Crippen molar-refractivity contribution in [3.63, 3.8) is 0 Å². The molecule has 0 atom stereocenters. The van der Waals surface area contributed by atoms with E-state index >= 15 is 0 Å². The molecule has 0 amide bonds. The van der Waals surface area contributed by atoms with E-state index in [0.717, 1.165) is 16.3 Å². The van der Waals surface area contributed by atoms with Crippen molar-refractivity contribution in [1.29, 1.82) is 0 Å². The number of rotatable bonds is 8. The Hall–Kier alpha value is -2.69. The second-order valence-corrected chi connectivity index (χ2v) is 5.75. The fourth-order valence-corrected chi connectivity index (χ4v) is 2.54. The van der Waals surface area contributed by atoms with Crippen LogP contribution in [0.4, 0.5) is 0 Å². The molecule has 2 aromatic rings. The van der Waals surface area contributed by atoms with Gasteiger partial charge in [0.25, 0.3) is 0 Å². The van der Waals surface area contributed by atoms with E-state index in [2.05, 4.69) is 0 Å². The Morgan fingerprint density at radius 2 is 1.75 bits per heavy atom. The number of carboxylic acids is 1. The van der Waals surface area contributed by atoms with Gasteiger partial charge in [-0.25, -0.2) is 0 Å². The number of aryl methyl sites for hydroxylation is 1. The maximum Gasteiger partial charge on any atom is 0.303 e. The lowest BCUT2D eigenvalue weighted by Gasteiger charge is -2.10. The zero-order valence-corrected chi connectivity index (χ0v) is 13.8. The Morgan fingerprint density at radius 3 is 2.38 bits per heavy atom. The molecule has 0 radical (unpaired) electrons. The van der Waals surface area contributed by atoms with Crippen molar-refractivity contribution in [1.82, 2.24) is 0 Å². The highest BCUT2D eigenvalue weighted by Crippen LogP contribution is 2.28. The van der Waals surface area contributed by atoms with Gasteiger partial charge >= 0.3 is 5.97 Å². The monoisotopic (exact) mass is 328 g/mol. The Bertz CT molecular complexity index is 792. The van der Waals surface area contributed by atoms with Crippen LogP contribution in [0.15, 0.2) is 30.3 Å². The van der Waals surface area contributed by atoms with E-state index in [1.54, 1.807) is 19.1 Å². The van der Waals surface area contributed by atoms with Gasteiger partial charge in [-0.1, -0.05) is 18.2 Å². The Morgan fingerprint density at radius 1 is 1.00 bits per heavy atom. The largest absolute Gasteiger partial charge is 0.496 e. The maximum atomic E-state index is 12.3. The fraction of sp³-hybridized carbons (Fsp3) is 0.316. The van der Waals surface area contributed by atoms with Crippen LogP contribution >= 0.6 is 0 Å². The molecule has 0 unspecified atom stereocenters. The number of hydrogen-bond donors (Lipinski definition) is 1. The lowest BCUT2D eigenvalue weighted by atomic mass is 9.98. The molecule has 2 aromatic carbocycles. The number of ether oxygens (including phenoxy) is 1. The van der Waals surface area contributed by atoms with E-state index in [1.165, 1.54) is 7.11 Å². The van der Waals surface area contributed by atoms with Crippen LogP contribution in [-0.4, -0.2) is 29.8 Å². The molecule has 0 heterocycles. The second-order valence-electron chi connectivity index (χ2n) is 5.75. The molecule has 0 fully saturated rings. The third-order valence-corrected chi connectivity index (χ3v) is 3.86. The summed E-state index contributed by atoms with van der Waals surface area (Å²) in [6, 6.07) is 9.34. The number of ketones is 2. The van der Waals surface area contributed by atoms with Crippen LogP contribution < -0.4 is 4.74 Å². The first-order chi connectivity index (χ1) is 11.4. The van der Waals surface area contributed by atoms with E-state index in [9.17, 15) is 14.4 Å². The maximum absolute atomic E-state index is 12.3. The molecule has 0 aromatic heterocycles. The highest BCUT2D eigenvalue weighted by Gasteiger charge is 2.15. The van der Waals surface area contributed by atoms with Gasteiger partial charge in [0.15, 0.2) is 5.78 Å². The SMILES string of the molecule is COc1cc2ccc(CCC(C)=O)cc2cc1C(=O)CCC(=O)O. The summed E-state index contributed by atoms with van der Waals surface area (Å²) in [6.07, 6.45) is 0.853. The van der Waals surface area contributed by atoms with Crippen LogP contribution in [0.25, 0.3) is 10.8 Å². The predicted octanol–water partition coefficient (Wildman–Crippen LogP) is 3.42. The van der Waals surface area contributed by atoms with Crippen molar-refractivity contribution >= 4 is 28.3 Å². The number of aliphatic carboxylic acids is 1. The molecular formula is C19H20O5. The summed E-state index contributed by atoms with van der Waals surface area (Å²) < 4.78 is 5.28. The van der Waals surface area contributed by atoms with Gasteiger partial charge < -0.3 is 14.6 Å². The number of Topliss-reactive ketones (excluding diaryl/α,β-unsaturated/α-hetero) is 2. The summed E-state index contributed by atoms with van der Waals surface area (Å²) in [5.41, 5.74) is 1.40. The summed E-state index contributed by atoms with van der Waals surface area (Å²) >= 11 is 0. The van der Waals surface area contributed by atoms with Gasteiger partial charge in [-0.2, -0.15) is 0 Å². The molecule has 0 bridgehead atoms. The van der Waals surface area contributed by atoms with Crippen LogP contribution in [0, 0.1) is 0 Å². The average molecular weight is 328 g/mol. The lowest BCUT2D eigenvalue weighted by Crippen LogP contribution is -2.06. The first kappa shape index (κ1) is 17.7. The molecule has 2 rings (SSSR count). The Labute approximate surface area is 140 Å². The highest BCUT2D eigenvalue weighted by molar-refractivity contribution is 6.03. The van der Waals surface area contributed by atoms with Crippen molar-refractivity contribution in [2.45, 2.75) is 32.6 Å². The van der Waals surface area contributed by atoms with Gasteiger partial charge in [0, 0.05) is 12.8 Å². The molecule has 5 nitrogen and oxygen atoms in total. The average Bonchev–Trinajstić information content (AvgIpc) is 2.56. The number of hydrogen-bond acceptors (Lipinski definition) is 4. The molecule has 0 aliphatic heterocycles. The molecule has 0 spiro atoms.